The van der Waals surface area contributed by atoms with Crippen molar-refractivity contribution in [1.82, 2.24) is 10.2 Å². The minimum absolute atomic E-state index is 0.0547. The fourth-order valence-corrected chi connectivity index (χ4v) is 6.69. The van der Waals surface area contributed by atoms with Crippen molar-refractivity contribution in [2.24, 2.45) is 23.7 Å². The molecule has 0 unspecified atom stereocenters. The summed E-state index contributed by atoms with van der Waals surface area (Å²) in [4.78, 5) is 42.7. The molecule has 194 valence electrons. The Bertz CT molecular complexity index is 1070. The Morgan fingerprint density at radius 2 is 2.03 bits per heavy atom. The number of aryl methyl sites for hydroxylation is 1. The largest absolute Gasteiger partial charge is 0.383 e. The van der Waals surface area contributed by atoms with E-state index in [1.807, 2.05) is 43.3 Å². The number of nitrogens with zero attached hydrogens (tertiary/aromatic N) is 1. The highest BCUT2D eigenvalue weighted by Crippen LogP contribution is 2.55. The van der Waals surface area contributed by atoms with Crippen molar-refractivity contribution in [1.29, 1.82) is 0 Å². The number of carbonyl (C=O) groups is 3. The molecule has 3 fully saturated rings. The summed E-state index contributed by atoms with van der Waals surface area (Å²) in [7, 11) is 1.57. The van der Waals surface area contributed by atoms with Crippen molar-refractivity contribution in [2.45, 2.75) is 63.8 Å². The van der Waals surface area contributed by atoms with Crippen LogP contribution in [0.5, 0.6) is 0 Å². The van der Waals surface area contributed by atoms with Gasteiger partial charge in [0.2, 0.25) is 17.7 Å². The fraction of sp³-hybridized carbons (Fsp3) is 0.607. The number of nitrogens with one attached hydrogen (secondary N) is 2. The lowest BCUT2D eigenvalue weighted by molar-refractivity contribution is -0.142. The first kappa shape index (κ1) is 25.0. The smallest absolute Gasteiger partial charge is 0.246 e. The van der Waals surface area contributed by atoms with Gasteiger partial charge in [0.15, 0.2) is 0 Å². The van der Waals surface area contributed by atoms with Crippen LogP contribution in [0, 0.1) is 30.6 Å². The average molecular weight is 496 g/mol. The molecule has 2 saturated heterocycles. The van der Waals surface area contributed by atoms with Crippen LogP contribution in [-0.2, 0) is 23.9 Å². The van der Waals surface area contributed by atoms with E-state index in [9.17, 15) is 14.4 Å². The van der Waals surface area contributed by atoms with Crippen molar-refractivity contribution >= 4 is 23.4 Å². The highest BCUT2D eigenvalue weighted by molar-refractivity contribution is 6.02. The Balaban J connectivity index is 1.43. The molecule has 0 radical (unpaired) electrons. The highest BCUT2D eigenvalue weighted by atomic mass is 16.5. The number of methoxy groups -OCH3 is 1. The van der Waals surface area contributed by atoms with Crippen molar-refractivity contribution in [3.8, 4) is 0 Å². The molecule has 3 amide bonds. The molecule has 0 aromatic heterocycles. The predicted octanol–water partition coefficient (Wildman–Crippen LogP) is 2.67. The van der Waals surface area contributed by atoms with Gasteiger partial charge in [0.25, 0.3) is 0 Å². The minimum Gasteiger partial charge on any atom is -0.383 e. The van der Waals surface area contributed by atoms with Gasteiger partial charge in [-0.15, -0.1) is 0 Å². The number of carbonyl (C=O) groups excluding carboxylic acids is 3. The Morgan fingerprint density at radius 3 is 2.78 bits per heavy atom. The first-order valence-electron chi connectivity index (χ1n) is 13.1. The lowest BCUT2D eigenvalue weighted by Gasteiger charge is -2.38. The summed E-state index contributed by atoms with van der Waals surface area (Å²) in [6.07, 6.45) is 6.30. The highest BCUT2D eigenvalue weighted by Gasteiger charge is 2.72. The van der Waals surface area contributed by atoms with Crippen LogP contribution in [-0.4, -0.2) is 66.7 Å². The summed E-state index contributed by atoms with van der Waals surface area (Å²) < 4.78 is 11.7. The maximum atomic E-state index is 13.9. The third-order valence-corrected chi connectivity index (χ3v) is 8.78. The maximum Gasteiger partial charge on any atom is 0.246 e. The third kappa shape index (κ3) is 4.04. The number of fused-ring (bicyclic) bond motifs is 1. The lowest BCUT2D eigenvalue weighted by Crippen LogP contribution is -2.58. The molecule has 3 heterocycles. The van der Waals surface area contributed by atoms with Crippen LogP contribution in [0.2, 0.25) is 0 Å². The van der Waals surface area contributed by atoms with E-state index in [0.29, 0.717) is 24.1 Å². The Labute approximate surface area is 212 Å². The normalized spacial score (nSPS) is 36.7. The molecule has 3 aliphatic heterocycles. The van der Waals surface area contributed by atoms with Gasteiger partial charge in [-0.05, 0) is 42.9 Å². The third-order valence-electron chi connectivity index (χ3n) is 8.78. The van der Waals surface area contributed by atoms with Gasteiger partial charge >= 0.3 is 0 Å². The molecule has 2 N–H and O–H groups in total. The van der Waals surface area contributed by atoms with Gasteiger partial charge in [-0.1, -0.05) is 51.0 Å². The summed E-state index contributed by atoms with van der Waals surface area (Å²) in [5.41, 5.74) is 0.550. The quantitative estimate of drug-likeness (QED) is 0.567. The summed E-state index contributed by atoms with van der Waals surface area (Å²) >= 11 is 0. The number of hydrogen-bond acceptors (Lipinski definition) is 5. The van der Waals surface area contributed by atoms with Crippen molar-refractivity contribution in [3.63, 3.8) is 0 Å². The van der Waals surface area contributed by atoms with Crippen molar-refractivity contribution in [3.05, 3.63) is 42.0 Å². The number of hydrogen-bond donors (Lipinski definition) is 2. The molecule has 8 heteroatoms. The van der Waals surface area contributed by atoms with Gasteiger partial charge in [-0.3, -0.25) is 14.4 Å². The van der Waals surface area contributed by atoms with Crippen LogP contribution >= 0.6 is 0 Å². The van der Waals surface area contributed by atoms with E-state index in [-0.39, 0.29) is 30.3 Å². The molecule has 1 aromatic rings. The van der Waals surface area contributed by atoms with E-state index in [1.165, 1.54) is 0 Å². The van der Waals surface area contributed by atoms with Crippen molar-refractivity contribution < 1.29 is 23.9 Å². The molecule has 8 atom stereocenters. The van der Waals surface area contributed by atoms with Gasteiger partial charge in [-0.2, -0.15) is 0 Å². The Kier molecular flexibility index (Phi) is 6.68. The molecule has 4 aliphatic rings. The van der Waals surface area contributed by atoms with Gasteiger partial charge in [-0.25, -0.2) is 0 Å². The Morgan fingerprint density at radius 1 is 1.22 bits per heavy atom. The van der Waals surface area contributed by atoms with Gasteiger partial charge in [0.05, 0.1) is 24.5 Å². The lowest BCUT2D eigenvalue weighted by atomic mass is 9.73. The predicted molar refractivity (Wildman–Crippen MR) is 135 cm³/mol. The van der Waals surface area contributed by atoms with Crippen LogP contribution in [0.25, 0.3) is 0 Å². The van der Waals surface area contributed by atoms with E-state index in [0.717, 1.165) is 24.8 Å². The zero-order valence-corrected chi connectivity index (χ0v) is 21.5. The number of ether oxygens (including phenoxy) is 2. The van der Waals surface area contributed by atoms with E-state index in [4.69, 9.17) is 9.47 Å². The first-order chi connectivity index (χ1) is 17.3. The molecule has 2 bridgehead atoms. The summed E-state index contributed by atoms with van der Waals surface area (Å²) in [5.74, 6) is -1.29. The molecule has 1 spiro atoms. The zero-order valence-electron chi connectivity index (χ0n) is 21.5. The topological polar surface area (TPSA) is 97.0 Å². The molecule has 1 aliphatic carbocycles. The second kappa shape index (κ2) is 9.63. The van der Waals surface area contributed by atoms with Crippen LogP contribution in [0.4, 0.5) is 5.69 Å². The number of likely N-dealkylation sites (tertiary alicyclic amines) is 1. The van der Waals surface area contributed by atoms with E-state index in [2.05, 4.69) is 24.5 Å². The molecular formula is C28H37N3O5. The van der Waals surface area contributed by atoms with E-state index >= 15 is 0 Å². The van der Waals surface area contributed by atoms with Crippen molar-refractivity contribution in [2.75, 3.05) is 25.6 Å². The van der Waals surface area contributed by atoms with E-state index < -0.39 is 29.6 Å². The number of rotatable bonds is 7. The van der Waals surface area contributed by atoms with Crippen LogP contribution in [0.3, 0.4) is 0 Å². The van der Waals surface area contributed by atoms with Gasteiger partial charge < -0.3 is 25.0 Å². The van der Waals surface area contributed by atoms with E-state index in [1.54, 1.807) is 12.0 Å². The standard InChI is InChI=1S/C28H37N3O5/c1-16-7-5-9-19(15-16)29-25(32)22-21-11-12-28(36-21)23(22)27(34)31(13-14-35-4)24(28)26(33)30-20-10-6-8-17(2)18(20)3/h5,7,9,11-12,15,17-18,20-24H,6,8,10,13-14H2,1-4H3,(H,29,32)(H,30,33)/t17-,18+,20-,21+,22-,23+,24+,28+/m1/s1. The van der Waals surface area contributed by atoms with Crippen LogP contribution in [0.15, 0.2) is 36.4 Å². The number of benzene rings is 1. The Hall–Kier alpha value is -2.71. The second-order valence-corrected chi connectivity index (χ2v) is 11.0. The second-order valence-electron chi connectivity index (χ2n) is 11.0. The molecular weight excluding hydrogens is 458 g/mol. The van der Waals surface area contributed by atoms with Gasteiger partial charge in [0.1, 0.15) is 11.6 Å². The minimum atomic E-state index is -1.16. The molecule has 1 saturated carbocycles. The molecule has 8 nitrogen and oxygen atoms in total. The average Bonchev–Trinajstić information content (AvgIpc) is 3.48. The SMILES string of the molecule is COCCN1C(=O)[C@@H]2[C@H](C(=O)Nc3cccc(C)c3)[C@@H]3C=C[C@@]2(O3)[C@@H]1C(=O)N[C@@H]1CCC[C@@H](C)[C@@H]1C. The van der Waals surface area contributed by atoms with Crippen LogP contribution in [0.1, 0.15) is 38.7 Å². The first-order valence-corrected chi connectivity index (χ1v) is 13.1. The monoisotopic (exact) mass is 495 g/mol. The molecule has 5 rings (SSSR count). The maximum absolute atomic E-state index is 13.9. The summed E-state index contributed by atoms with van der Waals surface area (Å²) in [6, 6.07) is 6.77. The van der Waals surface area contributed by atoms with Gasteiger partial charge in [0, 0.05) is 25.4 Å². The summed E-state index contributed by atoms with van der Waals surface area (Å²) in [6.45, 7) is 6.92. The van der Waals surface area contributed by atoms with Crippen LogP contribution < -0.4 is 10.6 Å². The molecule has 1 aromatic carbocycles. The zero-order chi connectivity index (χ0) is 25.6. The number of anilines is 1. The number of amides is 3. The molecule has 36 heavy (non-hydrogen) atoms. The summed E-state index contributed by atoms with van der Waals surface area (Å²) in [5, 5.41) is 6.23. The fourth-order valence-electron chi connectivity index (χ4n) is 6.69.